The van der Waals surface area contributed by atoms with Crippen LogP contribution >= 0.6 is 0 Å². The molecule has 7 amide bonds. The fourth-order valence-electron chi connectivity index (χ4n) is 6.42. The third-order valence-corrected chi connectivity index (χ3v) is 11.7. The minimum absolute atomic E-state index is 0.00808. The van der Waals surface area contributed by atoms with Gasteiger partial charge < -0.3 is 27.2 Å². The Hall–Kier alpha value is -6.79. The fraction of sp³-hybridized carbons (Fsp3) is 0.400. The zero-order valence-corrected chi connectivity index (χ0v) is 38.6. The van der Waals surface area contributed by atoms with Gasteiger partial charge in [-0.05, 0) is 36.5 Å². The Bertz CT molecular complexity index is 2120. The van der Waals surface area contributed by atoms with E-state index in [2.05, 4.69) is 36.9 Å². The van der Waals surface area contributed by atoms with Gasteiger partial charge in [0.15, 0.2) is 5.96 Å². The van der Waals surface area contributed by atoms with Crippen molar-refractivity contribution >= 4 is 71.4 Å². The van der Waals surface area contributed by atoms with Crippen molar-refractivity contribution in [1.29, 1.82) is 0 Å². The van der Waals surface area contributed by atoms with E-state index in [1.165, 1.54) is 26.0 Å². The van der Waals surface area contributed by atoms with Crippen LogP contribution in [0.5, 0.6) is 5.75 Å². The van der Waals surface area contributed by atoms with E-state index >= 15 is 0 Å². The molecule has 0 spiro atoms. The SMILES string of the molecule is CC(=O)N[C@@H](CC(C)C)C(=O)N[C@@H](Cc1ccc(O)cc1)C(=O)N[C@@H](CCCN=C(N)N)C(=O)N[C@@H](C)C(=O)N[C@@H](CC(N)=O)C(=O)N[C@@H](Cc1ccccc1)C(=O)[Se]c1ccccc1. The van der Waals surface area contributed by atoms with Crippen molar-refractivity contribution in [3.8, 4) is 5.75 Å². The van der Waals surface area contributed by atoms with Gasteiger partial charge >= 0.3 is 215 Å². The standard InChI is InChI=1S/C45H60N10O9Se/c1-26(2)22-34(51-28(4)56)41(61)54-35(23-30-17-19-31(57)20-18-30)42(62)52-33(16-11-21-49-45(47)48)40(60)50-27(3)39(59)53-36(25-38(46)58)43(63)55-37(24-29-12-7-5-8-13-29)44(64)65-32-14-9-6-10-15-32/h5-10,12-15,17-20,26-27,33-37,57H,11,16,21-25H2,1-4H3,(H2,46,58)(H,50,60)(H,51,56)(H,52,62)(H,53,59)(H,54,61)(H,55,63)(H4,47,48,49)/t27-,33-,34-,35-,36-,37-/m0/s1. The molecule has 19 nitrogen and oxygen atoms in total. The summed E-state index contributed by atoms with van der Waals surface area (Å²) in [6.07, 6.45) is -0.183. The fourth-order valence-corrected chi connectivity index (χ4v) is 8.12. The number of nitrogens with zero attached hydrogens (tertiary/aromatic N) is 1. The van der Waals surface area contributed by atoms with Crippen LogP contribution in [0, 0.1) is 5.92 Å². The average Bonchev–Trinajstić information content (AvgIpc) is 3.24. The molecule has 20 heteroatoms. The average molecular weight is 964 g/mol. The molecule has 0 saturated heterocycles. The summed E-state index contributed by atoms with van der Waals surface area (Å²) in [5, 5.41) is 25.5. The third kappa shape index (κ3) is 19.6. The first-order valence-electron chi connectivity index (χ1n) is 21.0. The molecule has 0 fully saturated rings. The van der Waals surface area contributed by atoms with Gasteiger partial charge in [0, 0.05) is 19.9 Å². The number of carbonyl (C=O) groups excluding carboxylic acids is 8. The van der Waals surface area contributed by atoms with Gasteiger partial charge in [0.25, 0.3) is 0 Å². The second kappa shape index (κ2) is 26.7. The molecular formula is C45H60N10O9Se. The molecule has 0 saturated carbocycles. The molecule has 0 radical (unpaired) electrons. The number of amides is 7. The molecule has 13 N–H and O–H groups in total. The van der Waals surface area contributed by atoms with Gasteiger partial charge in [-0.25, -0.2) is 0 Å². The quantitative estimate of drug-likeness (QED) is 0.0194. The Balaban J connectivity index is 1.83. The van der Waals surface area contributed by atoms with E-state index in [0.29, 0.717) is 5.56 Å². The van der Waals surface area contributed by atoms with Gasteiger partial charge in [-0.15, -0.1) is 0 Å². The van der Waals surface area contributed by atoms with Crippen LogP contribution in [-0.2, 0) is 51.2 Å². The van der Waals surface area contributed by atoms with Crippen LogP contribution in [0.25, 0.3) is 0 Å². The monoisotopic (exact) mass is 964 g/mol. The molecule has 6 atom stereocenters. The molecule has 0 heterocycles. The molecule has 350 valence electrons. The predicted molar refractivity (Wildman–Crippen MR) is 245 cm³/mol. The van der Waals surface area contributed by atoms with E-state index in [-0.39, 0.29) is 61.0 Å². The van der Waals surface area contributed by atoms with Crippen molar-refractivity contribution in [2.45, 2.75) is 102 Å². The molecule has 3 aromatic carbocycles. The Morgan fingerprint density at radius 2 is 1.11 bits per heavy atom. The number of aromatic hydroxyl groups is 1. The maximum absolute atomic E-state index is 14.1. The topological polar surface area (TPSA) is 319 Å². The first-order chi connectivity index (χ1) is 30.8. The summed E-state index contributed by atoms with van der Waals surface area (Å²) in [4.78, 5) is 111. The Kier molecular flexibility index (Phi) is 21.6. The number of guanidine groups is 1. The molecular weight excluding hydrogens is 904 g/mol. The van der Waals surface area contributed by atoms with E-state index in [4.69, 9.17) is 17.2 Å². The summed E-state index contributed by atoms with van der Waals surface area (Å²) < 4.78 is 0.524. The number of rotatable bonds is 26. The number of hydrogen-bond donors (Lipinski definition) is 10. The second-order valence-electron chi connectivity index (χ2n) is 15.8. The summed E-state index contributed by atoms with van der Waals surface area (Å²) >= 11 is -0.690. The number of primary amides is 1. The van der Waals surface area contributed by atoms with E-state index in [9.17, 15) is 43.5 Å². The minimum atomic E-state index is -1.54. The molecule has 0 bridgehead atoms. The number of phenols is 1. The van der Waals surface area contributed by atoms with Crippen molar-refractivity contribution in [3.05, 3.63) is 96.1 Å². The predicted octanol–water partition coefficient (Wildman–Crippen LogP) is -1.34. The molecule has 65 heavy (non-hydrogen) atoms. The third-order valence-electron chi connectivity index (χ3n) is 9.62. The number of benzene rings is 3. The number of carbonyl (C=O) groups is 8. The number of phenolic OH excluding ortho intramolecular Hbond substituents is 1. The molecule has 3 rings (SSSR count). The summed E-state index contributed by atoms with van der Waals surface area (Å²) in [5.41, 5.74) is 17.8. The molecule has 0 unspecified atom stereocenters. The maximum atomic E-state index is 14.1. The molecule has 0 aromatic heterocycles. The first-order valence-corrected chi connectivity index (χ1v) is 22.7. The van der Waals surface area contributed by atoms with Crippen LogP contribution in [-0.4, -0.2) is 115 Å². The molecule has 0 aliphatic carbocycles. The summed E-state index contributed by atoms with van der Waals surface area (Å²) in [6.45, 7) is 6.38. The van der Waals surface area contributed by atoms with Crippen LogP contribution in [0.3, 0.4) is 0 Å². The first kappa shape index (κ1) is 52.6. The van der Waals surface area contributed by atoms with Gasteiger partial charge in [0.05, 0.1) is 0 Å². The Labute approximate surface area is 384 Å². The second-order valence-corrected chi connectivity index (χ2v) is 18.0. The molecule has 0 aliphatic rings. The van der Waals surface area contributed by atoms with Gasteiger partial charge in [-0.1, -0.05) is 26.0 Å². The summed E-state index contributed by atoms with van der Waals surface area (Å²) in [6, 6.07) is 16.4. The Morgan fingerprint density at radius 1 is 0.600 bits per heavy atom. The van der Waals surface area contributed by atoms with E-state index in [0.717, 1.165) is 10.0 Å². The van der Waals surface area contributed by atoms with Crippen molar-refractivity contribution in [1.82, 2.24) is 31.9 Å². The van der Waals surface area contributed by atoms with Gasteiger partial charge in [0.1, 0.15) is 17.8 Å². The number of nitrogens with two attached hydrogens (primary N) is 3. The normalized spacial score (nSPS) is 13.6. The molecule has 0 aliphatic heterocycles. The van der Waals surface area contributed by atoms with Crippen LogP contribution in [0.1, 0.15) is 64.5 Å². The van der Waals surface area contributed by atoms with E-state index < -0.39 is 99.0 Å². The van der Waals surface area contributed by atoms with E-state index in [1.54, 1.807) is 60.7 Å². The van der Waals surface area contributed by atoms with E-state index in [1.807, 2.05) is 26.0 Å². The zero-order valence-electron chi connectivity index (χ0n) is 36.9. The van der Waals surface area contributed by atoms with Crippen molar-refractivity contribution in [3.63, 3.8) is 0 Å². The number of hydrogen-bond acceptors (Lipinski definition) is 10. The Morgan fingerprint density at radius 3 is 1.69 bits per heavy atom. The summed E-state index contributed by atoms with van der Waals surface area (Å²) in [5.74, 6) is -5.62. The van der Waals surface area contributed by atoms with Crippen LogP contribution < -0.4 is 53.6 Å². The van der Waals surface area contributed by atoms with Gasteiger partial charge in [0.2, 0.25) is 17.7 Å². The van der Waals surface area contributed by atoms with Gasteiger partial charge in [-0.2, -0.15) is 0 Å². The summed E-state index contributed by atoms with van der Waals surface area (Å²) in [7, 11) is 0. The number of nitrogens with one attached hydrogen (secondary N) is 6. The van der Waals surface area contributed by atoms with Crippen LogP contribution in [0.15, 0.2) is 89.9 Å². The van der Waals surface area contributed by atoms with Crippen molar-refractivity contribution < 1.29 is 43.5 Å². The van der Waals surface area contributed by atoms with Crippen molar-refractivity contribution in [2.75, 3.05) is 6.54 Å². The zero-order chi connectivity index (χ0) is 48.1. The number of aliphatic imine (C=N–C) groups is 1. The van der Waals surface area contributed by atoms with Crippen LogP contribution in [0.2, 0.25) is 0 Å². The van der Waals surface area contributed by atoms with Crippen molar-refractivity contribution in [2.24, 2.45) is 28.1 Å². The van der Waals surface area contributed by atoms with Crippen LogP contribution in [0.4, 0.5) is 0 Å². The molecule has 3 aromatic rings. The van der Waals surface area contributed by atoms with Gasteiger partial charge in [-0.3, -0.25) is 19.4 Å².